The van der Waals surface area contributed by atoms with Gasteiger partial charge in [0.2, 0.25) is 0 Å². The average Bonchev–Trinajstić information content (AvgIpc) is 3.00. The van der Waals surface area contributed by atoms with Crippen LogP contribution in [0.2, 0.25) is 0 Å². The van der Waals surface area contributed by atoms with Crippen LogP contribution in [0.1, 0.15) is 18.1 Å². The number of ether oxygens (including phenoxy) is 1. The van der Waals surface area contributed by atoms with E-state index in [0.29, 0.717) is 12.1 Å². The fraction of sp³-hybridized carbons (Fsp3) is 0.312. The highest BCUT2D eigenvalue weighted by Gasteiger charge is 2.29. The first-order chi connectivity index (χ1) is 10.6. The molecule has 2 atom stereocenters. The zero-order chi connectivity index (χ0) is 15.5. The van der Waals surface area contributed by atoms with Crippen LogP contribution in [0, 0.1) is 23.4 Å². The number of rotatable bonds is 4. The van der Waals surface area contributed by atoms with Crippen LogP contribution in [-0.2, 0) is 0 Å². The Bertz CT molecular complexity index is 660. The summed E-state index contributed by atoms with van der Waals surface area (Å²) in [5, 5.41) is 3.20. The summed E-state index contributed by atoms with van der Waals surface area (Å²) >= 11 is 0. The van der Waals surface area contributed by atoms with Gasteiger partial charge in [-0.15, -0.1) is 0 Å². The topological polar surface area (TPSA) is 34.1 Å². The maximum atomic E-state index is 13.8. The highest BCUT2D eigenvalue weighted by Crippen LogP contribution is 2.33. The van der Waals surface area contributed by atoms with Crippen molar-refractivity contribution in [2.45, 2.75) is 12.5 Å². The molecule has 0 unspecified atom stereocenters. The van der Waals surface area contributed by atoms with Gasteiger partial charge in [0.25, 0.3) is 0 Å². The first-order valence-corrected chi connectivity index (χ1v) is 7.06. The highest BCUT2D eigenvalue weighted by molar-refractivity contribution is 5.27. The van der Waals surface area contributed by atoms with E-state index in [1.165, 1.54) is 18.3 Å². The third-order valence-corrected chi connectivity index (χ3v) is 3.73. The van der Waals surface area contributed by atoms with Crippen molar-refractivity contribution in [3.8, 4) is 5.75 Å². The molecule has 1 aliphatic heterocycles. The van der Waals surface area contributed by atoms with Crippen molar-refractivity contribution in [1.82, 2.24) is 10.3 Å². The lowest BCUT2D eigenvalue weighted by molar-refractivity contribution is 0.137. The lowest BCUT2D eigenvalue weighted by atomic mass is 9.96. The summed E-state index contributed by atoms with van der Waals surface area (Å²) in [5.74, 6) is -1.91. The minimum absolute atomic E-state index is 0.0532. The third-order valence-electron chi connectivity index (χ3n) is 3.73. The number of nitrogens with zero attached hydrogens (tertiary/aromatic N) is 1. The fourth-order valence-electron chi connectivity index (χ4n) is 2.66. The van der Waals surface area contributed by atoms with Gasteiger partial charge in [-0.1, -0.05) is 0 Å². The Kier molecular flexibility index (Phi) is 4.29. The summed E-state index contributed by atoms with van der Waals surface area (Å²) in [6.07, 6.45) is 2.89. The van der Waals surface area contributed by atoms with E-state index in [9.17, 15) is 13.2 Å². The van der Waals surface area contributed by atoms with Gasteiger partial charge in [0.05, 0.1) is 6.20 Å². The predicted molar refractivity (Wildman–Crippen MR) is 74.9 cm³/mol. The molecular formula is C16H15F3N2O. The Morgan fingerprint density at radius 3 is 2.68 bits per heavy atom. The molecule has 116 valence electrons. The summed E-state index contributed by atoms with van der Waals surface area (Å²) in [5.41, 5.74) is 0.539. The van der Waals surface area contributed by atoms with Gasteiger partial charge >= 0.3 is 0 Å². The maximum absolute atomic E-state index is 13.8. The summed E-state index contributed by atoms with van der Waals surface area (Å²) < 4.78 is 46.0. The number of nitrogens with one attached hydrogen (secondary N) is 1. The molecule has 1 aromatic heterocycles. The van der Waals surface area contributed by atoms with Crippen molar-refractivity contribution in [3.05, 3.63) is 59.7 Å². The van der Waals surface area contributed by atoms with Gasteiger partial charge in [0, 0.05) is 30.3 Å². The van der Waals surface area contributed by atoms with E-state index in [4.69, 9.17) is 4.74 Å². The van der Waals surface area contributed by atoms with Gasteiger partial charge in [-0.3, -0.25) is 4.98 Å². The van der Waals surface area contributed by atoms with Gasteiger partial charge < -0.3 is 10.1 Å². The summed E-state index contributed by atoms with van der Waals surface area (Å²) in [7, 11) is 0. The Balaban J connectivity index is 1.91. The first-order valence-electron chi connectivity index (χ1n) is 7.06. The number of aromatic nitrogens is 1. The van der Waals surface area contributed by atoms with Crippen LogP contribution < -0.4 is 10.1 Å². The predicted octanol–water partition coefficient (Wildman–Crippen LogP) is 3.23. The minimum atomic E-state index is -0.777. The molecule has 0 aliphatic carbocycles. The number of benzene rings is 1. The van der Waals surface area contributed by atoms with E-state index in [1.54, 1.807) is 0 Å². The van der Waals surface area contributed by atoms with Gasteiger partial charge in [-0.05, 0) is 31.2 Å². The Hall–Kier alpha value is -2.08. The number of hydrogen-bond acceptors (Lipinski definition) is 3. The van der Waals surface area contributed by atoms with E-state index >= 15 is 0 Å². The molecule has 1 N–H and O–H groups in total. The molecule has 3 rings (SSSR count). The molecule has 22 heavy (non-hydrogen) atoms. The van der Waals surface area contributed by atoms with Crippen LogP contribution in [0.25, 0.3) is 0 Å². The second-order valence-electron chi connectivity index (χ2n) is 5.30. The quantitative estimate of drug-likeness (QED) is 0.941. The number of pyridine rings is 1. The second-order valence-corrected chi connectivity index (χ2v) is 5.30. The molecule has 1 aliphatic rings. The maximum Gasteiger partial charge on any atom is 0.168 e. The normalized spacial score (nSPS) is 19.1. The van der Waals surface area contributed by atoms with Crippen LogP contribution in [0.15, 0.2) is 36.7 Å². The third kappa shape index (κ3) is 3.22. The number of halogens is 3. The van der Waals surface area contributed by atoms with Crippen molar-refractivity contribution < 1.29 is 17.9 Å². The zero-order valence-electron chi connectivity index (χ0n) is 11.7. The molecule has 0 bridgehead atoms. The highest BCUT2D eigenvalue weighted by atomic mass is 19.1. The summed E-state index contributed by atoms with van der Waals surface area (Å²) in [4.78, 5) is 3.83. The van der Waals surface area contributed by atoms with E-state index < -0.39 is 23.6 Å². The smallest absolute Gasteiger partial charge is 0.168 e. The molecule has 2 aromatic rings. The van der Waals surface area contributed by atoms with E-state index in [0.717, 1.165) is 31.3 Å². The van der Waals surface area contributed by atoms with Gasteiger partial charge in [0.15, 0.2) is 11.6 Å². The lowest BCUT2D eigenvalue weighted by Crippen LogP contribution is -2.22. The van der Waals surface area contributed by atoms with Gasteiger partial charge in [0.1, 0.15) is 17.7 Å². The lowest BCUT2D eigenvalue weighted by Gasteiger charge is -2.24. The first kappa shape index (κ1) is 14.8. The van der Waals surface area contributed by atoms with Crippen LogP contribution in [0.5, 0.6) is 5.75 Å². The molecule has 1 fully saturated rings. The fourth-order valence-corrected chi connectivity index (χ4v) is 2.66. The van der Waals surface area contributed by atoms with E-state index in [1.807, 2.05) is 0 Å². The van der Waals surface area contributed by atoms with Crippen LogP contribution in [-0.4, -0.2) is 18.1 Å². The van der Waals surface area contributed by atoms with Crippen molar-refractivity contribution in [2.24, 2.45) is 5.92 Å². The van der Waals surface area contributed by atoms with Crippen LogP contribution in [0.3, 0.4) is 0 Å². The Morgan fingerprint density at radius 1 is 1.14 bits per heavy atom. The van der Waals surface area contributed by atoms with E-state index in [2.05, 4.69) is 10.3 Å². The molecule has 0 saturated carbocycles. The van der Waals surface area contributed by atoms with Crippen molar-refractivity contribution in [3.63, 3.8) is 0 Å². The zero-order valence-corrected chi connectivity index (χ0v) is 11.7. The minimum Gasteiger partial charge on any atom is -0.482 e. The molecule has 0 spiro atoms. The standard InChI is InChI=1S/C16H15F3N2O/c17-12-1-2-15(14(19)6-12)22-16(10-3-4-20-7-10)11-5-13(18)9-21-8-11/h1-2,5-6,8-10,16,20H,3-4,7H2/t10-,16+/m1/s1. The molecule has 2 heterocycles. The van der Waals surface area contributed by atoms with Crippen molar-refractivity contribution in [2.75, 3.05) is 13.1 Å². The Morgan fingerprint density at radius 2 is 2.00 bits per heavy atom. The summed E-state index contributed by atoms with van der Waals surface area (Å²) in [6.45, 7) is 1.50. The van der Waals surface area contributed by atoms with Crippen LogP contribution >= 0.6 is 0 Å². The average molecular weight is 308 g/mol. The molecule has 0 amide bonds. The van der Waals surface area contributed by atoms with Gasteiger partial charge in [-0.2, -0.15) is 0 Å². The van der Waals surface area contributed by atoms with Crippen molar-refractivity contribution in [1.29, 1.82) is 0 Å². The van der Waals surface area contributed by atoms with Crippen molar-refractivity contribution >= 4 is 0 Å². The van der Waals surface area contributed by atoms with E-state index in [-0.39, 0.29) is 11.7 Å². The SMILES string of the molecule is Fc1cncc([C@@H](Oc2ccc(F)cc2F)[C@@H]2CCNC2)c1. The largest absolute Gasteiger partial charge is 0.482 e. The molecular weight excluding hydrogens is 293 g/mol. The molecule has 1 aromatic carbocycles. The Labute approximate surface area is 126 Å². The second kappa shape index (κ2) is 6.36. The molecule has 3 nitrogen and oxygen atoms in total. The summed E-state index contributed by atoms with van der Waals surface area (Å²) in [6, 6.07) is 4.47. The van der Waals surface area contributed by atoms with Crippen LogP contribution in [0.4, 0.5) is 13.2 Å². The molecule has 0 radical (unpaired) electrons. The van der Waals surface area contributed by atoms with Gasteiger partial charge in [-0.25, -0.2) is 13.2 Å². The number of hydrogen-bond donors (Lipinski definition) is 1. The molecule has 6 heteroatoms. The molecule has 1 saturated heterocycles. The monoisotopic (exact) mass is 308 g/mol.